The first-order chi connectivity index (χ1) is 19.3. The average molecular weight is 524 g/mol. The van der Waals surface area contributed by atoms with Crippen molar-refractivity contribution in [3.63, 3.8) is 0 Å². The zero-order chi connectivity index (χ0) is 26.5. The van der Waals surface area contributed by atoms with Crippen LogP contribution in [0.2, 0.25) is 0 Å². The van der Waals surface area contributed by atoms with Crippen molar-refractivity contribution in [1.82, 2.24) is 5.32 Å². The van der Waals surface area contributed by atoms with E-state index in [1.807, 2.05) is 72.8 Å². The molecular formula is C34H37NO4. The SMILES string of the molecule is c1ccc(CO[C@H]2[C@H](OCc3ccccc3)[C@H](OCc3ccccc3)CNC[C@@H]2OCc2ccccc2)cc1. The highest BCUT2D eigenvalue weighted by atomic mass is 16.6. The molecule has 5 rings (SSSR count). The third-order valence-corrected chi connectivity index (χ3v) is 6.93. The van der Waals surface area contributed by atoms with Gasteiger partial charge in [-0.2, -0.15) is 0 Å². The van der Waals surface area contributed by atoms with Crippen LogP contribution in [0.4, 0.5) is 0 Å². The van der Waals surface area contributed by atoms with Gasteiger partial charge in [0.05, 0.1) is 38.6 Å². The lowest BCUT2D eigenvalue weighted by Gasteiger charge is -2.34. The summed E-state index contributed by atoms with van der Waals surface area (Å²) in [5, 5.41) is 3.57. The quantitative estimate of drug-likeness (QED) is 0.249. The molecular weight excluding hydrogens is 486 g/mol. The first kappa shape index (κ1) is 27.3. The molecule has 39 heavy (non-hydrogen) atoms. The standard InChI is InChI=1S/C34H37NO4/c1-5-13-27(14-6-1)23-36-31-21-35-22-32(37-24-28-15-7-2-8-16-28)34(39-26-30-19-11-4-12-20-30)33(31)38-25-29-17-9-3-10-18-29/h1-20,31-35H,21-26H2/t31-,32+,33-,34-/m1/s1. The topological polar surface area (TPSA) is 49.0 Å². The Morgan fingerprint density at radius 3 is 1.00 bits per heavy atom. The minimum absolute atomic E-state index is 0.222. The minimum Gasteiger partial charge on any atom is -0.369 e. The Labute approximate surface area is 231 Å². The number of benzene rings is 4. The number of hydrogen-bond acceptors (Lipinski definition) is 5. The van der Waals surface area contributed by atoms with Gasteiger partial charge in [-0.05, 0) is 22.3 Å². The zero-order valence-electron chi connectivity index (χ0n) is 22.2. The maximum Gasteiger partial charge on any atom is 0.114 e. The zero-order valence-corrected chi connectivity index (χ0v) is 22.2. The summed E-state index contributed by atoms with van der Waals surface area (Å²) in [6, 6.07) is 41.0. The molecule has 0 saturated carbocycles. The van der Waals surface area contributed by atoms with Gasteiger partial charge in [0.25, 0.3) is 0 Å². The molecule has 1 saturated heterocycles. The van der Waals surface area contributed by atoms with Gasteiger partial charge in [0.1, 0.15) is 12.2 Å². The highest BCUT2D eigenvalue weighted by molar-refractivity contribution is 5.16. The predicted molar refractivity (Wildman–Crippen MR) is 153 cm³/mol. The molecule has 5 nitrogen and oxygen atoms in total. The highest BCUT2D eigenvalue weighted by Gasteiger charge is 2.40. The normalized spacial score (nSPS) is 21.3. The fourth-order valence-corrected chi connectivity index (χ4v) is 4.82. The lowest BCUT2D eigenvalue weighted by Crippen LogP contribution is -2.49. The smallest absolute Gasteiger partial charge is 0.114 e. The molecule has 0 unspecified atom stereocenters. The number of hydrogen-bond donors (Lipinski definition) is 1. The first-order valence-corrected chi connectivity index (χ1v) is 13.7. The summed E-state index contributed by atoms with van der Waals surface area (Å²) in [6.07, 6.45) is -1.12. The average Bonchev–Trinajstić information content (AvgIpc) is 3.17. The van der Waals surface area contributed by atoms with Crippen LogP contribution in [0.25, 0.3) is 0 Å². The molecule has 0 aliphatic carbocycles. The van der Waals surface area contributed by atoms with Gasteiger partial charge < -0.3 is 24.3 Å². The number of rotatable bonds is 12. The van der Waals surface area contributed by atoms with Crippen LogP contribution in [0.5, 0.6) is 0 Å². The van der Waals surface area contributed by atoms with E-state index in [1.54, 1.807) is 0 Å². The second kappa shape index (κ2) is 14.7. The third-order valence-electron chi connectivity index (χ3n) is 6.93. The molecule has 1 heterocycles. The molecule has 1 N–H and O–H groups in total. The van der Waals surface area contributed by atoms with Gasteiger partial charge in [-0.3, -0.25) is 0 Å². The molecule has 4 atom stereocenters. The minimum atomic E-state index is -0.339. The molecule has 5 heteroatoms. The second-order valence-corrected chi connectivity index (χ2v) is 9.85. The summed E-state index contributed by atoms with van der Waals surface area (Å²) >= 11 is 0. The van der Waals surface area contributed by atoms with E-state index < -0.39 is 0 Å². The Kier molecular flexibility index (Phi) is 10.3. The predicted octanol–water partition coefficient (Wildman–Crippen LogP) is 5.93. The van der Waals surface area contributed by atoms with Crippen LogP contribution < -0.4 is 5.32 Å². The fourth-order valence-electron chi connectivity index (χ4n) is 4.82. The van der Waals surface area contributed by atoms with Crippen LogP contribution in [-0.2, 0) is 45.4 Å². The van der Waals surface area contributed by atoms with Crippen molar-refractivity contribution in [3.8, 4) is 0 Å². The maximum absolute atomic E-state index is 6.66. The van der Waals surface area contributed by atoms with Gasteiger partial charge in [0, 0.05) is 13.1 Å². The molecule has 1 aliphatic rings. The van der Waals surface area contributed by atoms with Crippen molar-refractivity contribution in [2.24, 2.45) is 0 Å². The van der Waals surface area contributed by atoms with E-state index >= 15 is 0 Å². The summed E-state index contributed by atoms with van der Waals surface area (Å²) < 4.78 is 26.4. The van der Waals surface area contributed by atoms with Crippen molar-refractivity contribution in [2.75, 3.05) is 13.1 Å². The molecule has 0 radical (unpaired) electrons. The molecule has 4 aromatic carbocycles. The highest BCUT2D eigenvalue weighted by Crippen LogP contribution is 2.24. The molecule has 1 aliphatic heterocycles. The lowest BCUT2D eigenvalue weighted by molar-refractivity contribution is -0.179. The van der Waals surface area contributed by atoms with Crippen molar-refractivity contribution >= 4 is 0 Å². The summed E-state index contributed by atoms with van der Waals surface area (Å²) in [5.74, 6) is 0. The van der Waals surface area contributed by atoms with Crippen LogP contribution >= 0.6 is 0 Å². The van der Waals surface area contributed by atoms with Gasteiger partial charge in [-0.1, -0.05) is 121 Å². The summed E-state index contributed by atoms with van der Waals surface area (Å²) in [7, 11) is 0. The van der Waals surface area contributed by atoms with Gasteiger partial charge in [-0.25, -0.2) is 0 Å². The lowest BCUT2D eigenvalue weighted by atomic mass is 10.0. The Bertz CT molecular complexity index is 1110. The van der Waals surface area contributed by atoms with Gasteiger partial charge in [-0.15, -0.1) is 0 Å². The fraction of sp³-hybridized carbons (Fsp3) is 0.294. The Balaban J connectivity index is 1.38. The molecule has 4 aromatic rings. The van der Waals surface area contributed by atoms with Gasteiger partial charge in [0.15, 0.2) is 0 Å². The molecule has 0 amide bonds. The summed E-state index contributed by atoms with van der Waals surface area (Å²) in [4.78, 5) is 0. The first-order valence-electron chi connectivity index (χ1n) is 13.7. The monoisotopic (exact) mass is 523 g/mol. The van der Waals surface area contributed by atoms with E-state index in [0.717, 1.165) is 22.3 Å². The number of nitrogens with one attached hydrogen (secondary N) is 1. The molecule has 1 fully saturated rings. The molecule has 0 bridgehead atoms. The van der Waals surface area contributed by atoms with E-state index in [1.165, 1.54) is 0 Å². The van der Waals surface area contributed by atoms with Crippen molar-refractivity contribution in [2.45, 2.75) is 50.8 Å². The Morgan fingerprint density at radius 2 is 0.692 bits per heavy atom. The van der Waals surface area contributed by atoms with Gasteiger partial charge >= 0.3 is 0 Å². The van der Waals surface area contributed by atoms with Crippen LogP contribution in [0, 0.1) is 0 Å². The Hall–Kier alpha value is -3.32. The largest absolute Gasteiger partial charge is 0.369 e. The van der Waals surface area contributed by atoms with E-state index in [4.69, 9.17) is 18.9 Å². The van der Waals surface area contributed by atoms with Crippen LogP contribution in [0.1, 0.15) is 22.3 Å². The van der Waals surface area contributed by atoms with Gasteiger partial charge in [0.2, 0.25) is 0 Å². The second-order valence-electron chi connectivity index (χ2n) is 9.85. The van der Waals surface area contributed by atoms with Crippen molar-refractivity contribution < 1.29 is 18.9 Å². The molecule has 0 aromatic heterocycles. The van der Waals surface area contributed by atoms with Crippen molar-refractivity contribution in [3.05, 3.63) is 144 Å². The maximum atomic E-state index is 6.66. The Morgan fingerprint density at radius 1 is 0.410 bits per heavy atom. The van der Waals surface area contributed by atoms with E-state index in [9.17, 15) is 0 Å². The van der Waals surface area contributed by atoms with E-state index in [0.29, 0.717) is 39.5 Å². The van der Waals surface area contributed by atoms with E-state index in [2.05, 4.69) is 53.8 Å². The van der Waals surface area contributed by atoms with E-state index in [-0.39, 0.29) is 24.4 Å². The third kappa shape index (κ3) is 8.33. The molecule has 202 valence electrons. The summed E-state index contributed by atoms with van der Waals surface area (Å²) in [5.41, 5.74) is 4.48. The van der Waals surface area contributed by atoms with Crippen LogP contribution in [-0.4, -0.2) is 37.5 Å². The summed E-state index contributed by atoms with van der Waals surface area (Å²) in [6.45, 7) is 3.21. The molecule has 0 spiro atoms. The number of ether oxygens (including phenoxy) is 4. The van der Waals surface area contributed by atoms with Crippen LogP contribution in [0.3, 0.4) is 0 Å². The van der Waals surface area contributed by atoms with Crippen LogP contribution in [0.15, 0.2) is 121 Å². The van der Waals surface area contributed by atoms with Crippen molar-refractivity contribution in [1.29, 1.82) is 0 Å².